The summed E-state index contributed by atoms with van der Waals surface area (Å²) in [6.45, 7) is 2.43. The third-order valence-electron chi connectivity index (χ3n) is 3.28. The minimum Gasteiger partial charge on any atom is -0.369 e. The summed E-state index contributed by atoms with van der Waals surface area (Å²) in [6, 6.07) is 4.90. The lowest BCUT2D eigenvalue weighted by molar-refractivity contribution is -0.116. The molecule has 1 aromatic rings. The van der Waals surface area contributed by atoms with Gasteiger partial charge in [-0.2, -0.15) is 0 Å². The smallest absolute Gasteiger partial charge is 0.225 e. The SMILES string of the molecule is CNCCC(=O)Nc1ccc(N2CCCC2)c(F)c1. The first-order valence-corrected chi connectivity index (χ1v) is 6.69. The second-order valence-corrected chi connectivity index (χ2v) is 4.76. The Balaban J connectivity index is 2.00. The van der Waals surface area contributed by atoms with Crippen LogP contribution in [0.4, 0.5) is 15.8 Å². The fourth-order valence-corrected chi connectivity index (χ4v) is 2.26. The highest BCUT2D eigenvalue weighted by Gasteiger charge is 2.16. The predicted octanol–water partition coefficient (Wildman–Crippen LogP) is 1.97. The van der Waals surface area contributed by atoms with E-state index in [9.17, 15) is 9.18 Å². The Kier molecular flexibility index (Phi) is 4.74. The van der Waals surface area contributed by atoms with Gasteiger partial charge in [0.1, 0.15) is 5.82 Å². The summed E-state index contributed by atoms with van der Waals surface area (Å²) in [4.78, 5) is 13.6. The number of amides is 1. The van der Waals surface area contributed by atoms with Crippen LogP contribution in [-0.4, -0.2) is 32.6 Å². The summed E-state index contributed by atoms with van der Waals surface area (Å²) in [5.74, 6) is -0.379. The van der Waals surface area contributed by atoms with Crippen LogP contribution in [0, 0.1) is 5.82 Å². The van der Waals surface area contributed by atoms with Crippen LogP contribution in [0.2, 0.25) is 0 Å². The number of nitrogens with one attached hydrogen (secondary N) is 2. The van der Waals surface area contributed by atoms with E-state index in [-0.39, 0.29) is 11.7 Å². The van der Waals surface area contributed by atoms with Gasteiger partial charge in [-0.1, -0.05) is 0 Å². The van der Waals surface area contributed by atoms with Crippen LogP contribution in [-0.2, 0) is 4.79 Å². The van der Waals surface area contributed by atoms with E-state index in [1.165, 1.54) is 6.07 Å². The van der Waals surface area contributed by atoms with Gasteiger partial charge in [0.05, 0.1) is 5.69 Å². The van der Waals surface area contributed by atoms with Crippen molar-refractivity contribution in [2.75, 3.05) is 36.9 Å². The first kappa shape index (κ1) is 13.8. The molecule has 0 radical (unpaired) electrons. The molecule has 0 aliphatic carbocycles. The molecular weight excluding hydrogens is 245 g/mol. The van der Waals surface area contributed by atoms with E-state index in [1.54, 1.807) is 19.2 Å². The number of rotatable bonds is 5. The lowest BCUT2D eigenvalue weighted by Gasteiger charge is -2.18. The molecule has 1 fully saturated rings. The van der Waals surface area contributed by atoms with Gasteiger partial charge in [0, 0.05) is 31.7 Å². The van der Waals surface area contributed by atoms with Crippen molar-refractivity contribution in [3.8, 4) is 0 Å². The number of halogens is 1. The lowest BCUT2D eigenvalue weighted by Crippen LogP contribution is -2.20. The number of nitrogens with zero attached hydrogens (tertiary/aromatic N) is 1. The van der Waals surface area contributed by atoms with Crippen LogP contribution < -0.4 is 15.5 Å². The number of carbonyl (C=O) groups is 1. The van der Waals surface area contributed by atoms with Gasteiger partial charge >= 0.3 is 0 Å². The molecule has 1 heterocycles. The van der Waals surface area contributed by atoms with Crippen LogP contribution in [0.25, 0.3) is 0 Å². The molecule has 1 aromatic carbocycles. The average Bonchev–Trinajstić information content (AvgIpc) is 2.90. The summed E-state index contributed by atoms with van der Waals surface area (Å²) < 4.78 is 14.0. The molecule has 0 aromatic heterocycles. The largest absolute Gasteiger partial charge is 0.369 e. The summed E-state index contributed by atoms with van der Waals surface area (Å²) in [5.41, 5.74) is 1.15. The molecule has 1 amide bonds. The third kappa shape index (κ3) is 3.67. The Labute approximate surface area is 113 Å². The highest BCUT2D eigenvalue weighted by Crippen LogP contribution is 2.26. The molecule has 104 valence electrons. The minimum atomic E-state index is -0.270. The fraction of sp³-hybridized carbons (Fsp3) is 0.500. The van der Waals surface area contributed by atoms with E-state index in [0.717, 1.165) is 25.9 Å². The van der Waals surface area contributed by atoms with Crippen molar-refractivity contribution in [2.24, 2.45) is 0 Å². The van der Waals surface area contributed by atoms with Crippen molar-refractivity contribution in [3.63, 3.8) is 0 Å². The van der Waals surface area contributed by atoms with Gasteiger partial charge in [-0.15, -0.1) is 0 Å². The van der Waals surface area contributed by atoms with Gasteiger partial charge in [0.15, 0.2) is 0 Å². The van der Waals surface area contributed by atoms with Gasteiger partial charge in [0.2, 0.25) is 5.91 Å². The Hall–Kier alpha value is -1.62. The quantitative estimate of drug-likeness (QED) is 0.855. The van der Waals surface area contributed by atoms with E-state index in [0.29, 0.717) is 24.3 Å². The second kappa shape index (κ2) is 6.52. The zero-order valence-corrected chi connectivity index (χ0v) is 11.2. The maximum Gasteiger partial charge on any atom is 0.225 e. The Morgan fingerprint density at radius 2 is 2.11 bits per heavy atom. The molecule has 0 bridgehead atoms. The molecule has 5 heteroatoms. The first-order chi connectivity index (χ1) is 9.20. The maximum absolute atomic E-state index is 14.0. The molecular formula is C14H20FN3O. The molecule has 1 aliphatic rings. The fourth-order valence-electron chi connectivity index (χ4n) is 2.26. The van der Waals surface area contributed by atoms with Crippen LogP contribution >= 0.6 is 0 Å². The van der Waals surface area contributed by atoms with Crippen LogP contribution in [0.15, 0.2) is 18.2 Å². The van der Waals surface area contributed by atoms with Crippen molar-refractivity contribution in [2.45, 2.75) is 19.3 Å². The highest BCUT2D eigenvalue weighted by atomic mass is 19.1. The van der Waals surface area contributed by atoms with Gasteiger partial charge < -0.3 is 15.5 Å². The normalized spacial score (nSPS) is 14.7. The highest BCUT2D eigenvalue weighted by molar-refractivity contribution is 5.91. The van der Waals surface area contributed by atoms with E-state index >= 15 is 0 Å². The van der Waals surface area contributed by atoms with Crippen LogP contribution in [0.3, 0.4) is 0 Å². The third-order valence-corrected chi connectivity index (χ3v) is 3.28. The maximum atomic E-state index is 14.0. The molecule has 0 unspecified atom stereocenters. The van der Waals surface area contributed by atoms with E-state index < -0.39 is 0 Å². The van der Waals surface area contributed by atoms with Crippen LogP contribution in [0.1, 0.15) is 19.3 Å². The monoisotopic (exact) mass is 265 g/mol. The second-order valence-electron chi connectivity index (χ2n) is 4.76. The molecule has 1 aliphatic heterocycles. The first-order valence-electron chi connectivity index (χ1n) is 6.69. The summed E-state index contributed by atoms with van der Waals surface area (Å²) >= 11 is 0. The minimum absolute atomic E-state index is 0.109. The molecule has 0 atom stereocenters. The number of carbonyl (C=O) groups excluding carboxylic acids is 1. The topological polar surface area (TPSA) is 44.4 Å². The predicted molar refractivity (Wildman–Crippen MR) is 75.0 cm³/mol. The molecule has 1 saturated heterocycles. The summed E-state index contributed by atoms with van der Waals surface area (Å²) in [7, 11) is 1.79. The summed E-state index contributed by atoms with van der Waals surface area (Å²) in [6.07, 6.45) is 2.61. The van der Waals surface area contributed by atoms with E-state index in [1.807, 2.05) is 4.90 Å². The van der Waals surface area contributed by atoms with Crippen molar-refractivity contribution in [1.82, 2.24) is 5.32 Å². The Morgan fingerprint density at radius 1 is 1.37 bits per heavy atom. The number of hydrogen-bond donors (Lipinski definition) is 2. The molecule has 4 nitrogen and oxygen atoms in total. The molecule has 0 saturated carbocycles. The van der Waals surface area contributed by atoms with Crippen molar-refractivity contribution in [1.29, 1.82) is 0 Å². The number of hydrogen-bond acceptors (Lipinski definition) is 3. The zero-order chi connectivity index (χ0) is 13.7. The molecule has 2 rings (SSSR count). The number of anilines is 2. The number of benzene rings is 1. The van der Waals surface area contributed by atoms with Crippen molar-refractivity contribution in [3.05, 3.63) is 24.0 Å². The standard InChI is InChI=1S/C14H20FN3O/c1-16-7-6-14(19)17-11-4-5-13(12(15)10-11)18-8-2-3-9-18/h4-5,10,16H,2-3,6-9H2,1H3,(H,17,19). The van der Waals surface area contributed by atoms with Gasteiger partial charge in [0.25, 0.3) is 0 Å². The van der Waals surface area contributed by atoms with Crippen molar-refractivity contribution < 1.29 is 9.18 Å². The lowest BCUT2D eigenvalue weighted by atomic mass is 10.2. The Morgan fingerprint density at radius 3 is 2.74 bits per heavy atom. The molecule has 2 N–H and O–H groups in total. The summed E-state index contributed by atoms with van der Waals surface area (Å²) in [5, 5.41) is 5.60. The van der Waals surface area contributed by atoms with Crippen molar-refractivity contribution >= 4 is 17.3 Å². The average molecular weight is 265 g/mol. The van der Waals surface area contributed by atoms with Gasteiger partial charge in [-0.05, 0) is 38.1 Å². The zero-order valence-electron chi connectivity index (χ0n) is 11.2. The molecule has 0 spiro atoms. The van der Waals surface area contributed by atoms with Crippen LogP contribution in [0.5, 0.6) is 0 Å². The van der Waals surface area contributed by atoms with Gasteiger partial charge in [-0.25, -0.2) is 4.39 Å². The van der Waals surface area contributed by atoms with E-state index in [2.05, 4.69) is 10.6 Å². The van der Waals surface area contributed by atoms with E-state index in [4.69, 9.17) is 0 Å². The molecule has 19 heavy (non-hydrogen) atoms. The van der Waals surface area contributed by atoms with Gasteiger partial charge in [-0.3, -0.25) is 4.79 Å². The Bertz CT molecular complexity index is 444.